The van der Waals surface area contributed by atoms with Crippen LogP contribution in [-0.2, 0) is 14.3 Å². The minimum absolute atomic E-state index is 0.0206. The Morgan fingerprint density at radius 3 is 2.57 bits per heavy atom. The Hall–Kier alpha value is -4.05. The normalized spacial score (nSPS) is 15.7. The van der Waals surface area contributed by atoms with Crippen LogP contribution >= 0.6 is 12.2 Å². The van der Waals surface area contributed by atoms with E-state index in [-0.39, 0.29) is 18.2 Å². The summed E-state index contributed by atoms with van der Waals surface area (Å²) in [5.74, 6) is -0.800. The molecule has 1 atom stereocenters. The minimum atomic E-state index is -0.531. The van der Waals surface area contributed by atoms with Crippen LogP contribution in [-0.4, -0.2) is 40.0 Å². The predicted octanol–water partition coefficient (Wildman–Crippen LogP) is 4.33. The lowest BCUT2D eigenvalue weighted by Gasteiger charge is -2.37. The number of benzene rings is 2. The molecule has 0 spiro atoms. The summed E-state index contributed by atoms with van der Waals surface area (Å²) in [5, 5.41) is 17.3. The van der Waals surface area contributed by atoms with Gasteiger partial charge in [0.25, 0.3) is 5.69 Å². The van der Waals surface area contributed by atoms with Crippen molar-refractivity contribution in [1.29, 1.82) is 0 Å². The number of rotatable bonds is 8. The number of carbonyl (C=O) groups is 2. The first kappa shape index (κ1) is 25.6. The van der Waals surface area contributed by atoms with Gasteiger partial charge in [0.05, 0.1) is 23.1 Å². The molecule has 10 heteroatoms. The number of hydrogen-bond donors (Lipinski definition) is 2. The van der Waals surface area contributed by atoms with Gasteiger partial charge in [-0.25, -0.2) is 4.79 Å². The molecule has 1 heterocycles. The van der Waals surface area contributed by atoms with E-state index in [0.29, 0.717) is 28.5 Å². The largest absolute Gasteiger partial charge is 0.463 e. The number of nitrogens with one attached hydrogen (secondary N) is 2. The van der Waals surface area contributed by atoms with Gasteiger partial charge in [-0.2, -0.15) is 0 Å². The fraction of sp³-hybridized carbons (Fsp3) is 0.240. The first-order valence-electron chi connectivity index (χ1n) is 11.0. The smallest absolute Gasteiger partial charge is 0.338 e. The second-order valence-electron chi connectivity index (χ2n) is 7.64. The van der Waals surface area contributed by atoms with Gasteiger partial charge < -0.3 is 20.3 Å². The number of nitro benzene ring substituents is 1. The summed E-state index contributed by atoms with van der Waals surface area (Å²) >= 11 is 5.50. The maximum Gasteiger partial charge on any atom is 0.338 e. The number of nitrogens with zero attached hydrogens (tertiary/aromatic N) is 2. The quantitative estimate of drug-likeness (QED) is 0.183. The number of esters is 1. The number of carbonyl (C=O) groups excluding carboxylic acids is 2. The monoisotopic (exact) mass is 494 g/mol. The van der Waals surface area contributed by atoms with Crippen LogP contribution in [0.1, 0.15) is 37.9 Å². The molecule has 0 aliphatic carbocycles. The second kappa shape index (κ2) is 11.4. The van der Waals surface area contributed by atoms with Crippen LogP contribution in [0.5, 0.6) is 0 Å². The summed E-state index contributed by atoms with van der Waals surface area (Å²) in [7, 11) is 0. The molecule has 0 saturated carbocycles. The Morgan fingerprint density at radius 1 is 1.23 bits per heavy atom. The molecule has 2 N–H and O–H groups in total. The number of thiocarbonyl (C=S) groups is 1. The fourth-order valence-corrected chi connectivity index (χ4v) is 4.13. The van der Waals surface area contributed by atoms with Crippen molar-refractivity contribution < 1.29 is 19.2 Å². The average Bonchev–Trinajstić information content (AvgIpc) is 2.83. The van der Waals surface area contributed by atoms with Crippen molar-refractivity contribution in [2.75, 3.05) is 18.5 Å². The van der Waals surface area contributed by atoms with E-state index < -0.39 is 16.9 Å². The zero-order valence-electron chi connectivity index (χ0n) is 19.6. The van der Waals surface area contributed by atoms with E-state index in [0.717, 1.165) is 11.3 Å². The molecule has 0 fully saturated rings. The van der Waals surface area contributed by atoms with Crippen molar-refractivity contribution >= 4 is 46.7 Å². The summed E-state index contributed by atoms with van der Waals surface area (Å²) in [5.41, 5.74) is 3.09. The van der Waals surface area contributed by atoms with Gasteiger partial charge in [-0.15, -0.1) is 0 Å². The van der Waals surface area contributed by atoms with Gasteiger partial charge >= 0.3 is 5.97 Å². The van der Waals surface area contributed by atoms with Crippen molar-refractivity contribution in [3.8, 4) is 0 Å². The van der Waals surface area contributed by atoms with E-state index in [4.69, 9.17) is 17.0 Å². The molecule has 3 rings (SSSR count). The Morgan fingerprint density at radius 2 is 1.94 bits per heavy atom. The number of hydrogen-bond acceptors (Lipinski definition) is 6. The first-order valence-corrected chi connectivity index (χ1v) is 11.4. The topological polar surface area (TPSA) is 114 Å². The number of amides is 1. The van der Waals surface area contributed by atoms with Crippen LogP contribution in [0, 0.1) is 10.1 Å². The van der Waals surface area contributed by atoms with Crippen LogP contribution in [0.3, 0.4) is 0 Å². The van der Waals surface area contributed by atoms with Gasteiger partial charge in [0.15, 0.2) is 5.11 Å². The Kier molecular flexibility index (Phi) is 8.32. The highest BCUT2D eigenvalue weighted by molar-refractivity contribution is 7.80. The van der Waals surface area contributed by atoms with Gasteiger partial charge in [0.2, 0.25) is 5.91 Å². The molecule has 0 radical (unpaired) electrons. The average molecular weight is 495 g/mol. The number of non-ortho nitro benzene ring substituents is 1. The molecule has 35 heavy (non-hydrogen) atoms. The molecule has 1 aliphatic heterocycles. The number of anilines is 1. The standard InChI is InChI=1S/C25H26N4O5S/c1-4-28-16(3)22(24(31)34-5-2)23(27-25(28)35)18-7-6-8-19(15-18)26-21(30)14-11-17-9-12-20(13-10-17)29(32)33/h6-15,23H,4-5H2,1-3H3,(H,26,30)(H,27,35). The van der Waals surface area contributed by atoms with E-state index in [9.17, 15) is 19.7 Å². The molecule has 1 unspecified atom stereocenters. The molecule has 2 aromatic rings. The predicted molar refractivity (Wildman–Crippen MR) is 137 cm³/mol. The van der Waals surface area contributed by atoms with E-state index in [1.807, 2.05) is 24.8 Å². The SMILES string of the molecule is CCOC(=O)C1=C(C)N(CC)C(=S)NC1c1cccc(NC(=O)C=Cc2ccc([N+](=O)[O-])cc2)c1. The summed E-state index contributed by atoms with van der Waals surface area (Å²) in [6, 6.07) is 12.5. The summed E-state index contributed by atoms with van der Waals surface area (Å²) in [6.07, 6.45) is 2.91. The first-order chi connectivity index (χ1) is 16.7. The molecule has 0 bridgehead atoms. The van der Waals surface area contributed by atoms with Crippen LogP contribution in [0.2, 0.25) is 0 Å². The molecular weight excluding hydrogens is 468 g/mol. The van der Waals surface area contributed by atoms with Gasteiger partial charge in [-0.3, -0.25) is 14.9 Å². The lowest BCUT2D eigenvalue weighted by Crippen LogP contribution is -2.47. The lowest BCUT2D eigenvalue weighted by molar-refractivity contribution is -0.384. The number of ether oxygens (including phenoxy) is 1. The van der Waals surface area contributed by atoms with Crippen molar-refractivity contribution in [3.63, 3.8) is 0 Å². The van der Waals surface area contributed by atoms with Crippen LogP contribution in [0.15, 0.2) is 65.9 Å². The fourth-order valence-electron chi connectivity index (χ4n) is 3.74. The second-order valence-corrected chi connectivity index (χ2v) is 8.03. The maximum atomic E-state index is 12.8. The highest BCUT2D eigenvalue weighted by atomic mass is 32.1. The number of nitro groups is 1. The third-order valence-corrected chi connectivity index (χ3v) is 5.76. The molecule has 0 aromatic heterocycles. The molecule has 182 valence electrons. The highest BCUT2D eigenvalue weighted by Crippen LogP contribution is 2.32. The Labute approximate surface area is 208 Å². The third-order valence-electron chi connectivity index (χ3n) is 5.43. The van der Waals surface area contributed by atoms with Crippen molar-refractivity contribution in [3.05, 3.63) is 87.1 Å². The molecule has 1 amide bonds. The van der Waals surface area contributed by atoms with Crippen molar-refractivity contribution in [1.82, 2.24) is 10.2 Å². The molecule has 9 nitrogen and oxygen atoms in total. The van der Waals surface area contributed by atoms with E-state index >= 15 is 0 Å². The zero-order valence-corrected chi connectivity index (χ0v) is 20.4. The van der Waals surface area contributed by atoms with Gasteiger partial charge in [0, 0.05) is 36.1 Å². The van der Waals surface area contributed by atoms with E-state index in [1.165, 1.54) is 18.2 Å². The molecule has 1 aliphatic rings. The molecule has 2 aromatic carbocycles. The summed E-state index contributed by atoms with van der Waals surface area (Å²) < 4.78 is 5.30. The van der Waals surface area contributed by atoms with Crippen LogP contribution < -0.4 is 10.6 Å². The van der Waals surface area contributed by atoms with Gasteiger partial charge in [0.1, 0.15) is 0 Å². The minimum Gasteiger partial charge on any atom is -0.463 e. The summed E-state index contributed by atoms with van der Waals surface area (Å²) in [6.45, 7) is 6.38. The van der Waals surface area contributed by atoms with Crippen molar-refractivity contribution in [2.24, 2.45) is 0 Å². The zero-order chi connectivity index (χ0) is 25.5. The van der Waals surface area contributed by atoms with Gasteiger partial charge in [-0.05, 0) is 74.5 Å². The Bertz CT molecular complexity index is 1210. The van der Waals surface area contributed by atoms with Crippen molar-refractivity contribution in [2.45, 2.75) is 26.8 Å². The van der Waals surface area contributed by atoms with Crippen LogP contribution in [0.25, 0.3) is 6.08 Å². The molecular formula is C25H26N4O5S. The van der Waals surface area contributed by atoms with Crippen LogP contribution in [0.4, 0.5) is 11.4 Å². The third kappa shape index (κ3) is 6.10. The molecule has 0 saturated heterocycles. The van der Waals surface area contributed by atoms with E-state index in [1.54, 1.807) is 43.3 Å². The Balaban J connectivity index is 1.81. The lowest BCUT2D eigenvalue weighted by atomic mass is 9.94. The summed E-state index contributed by atoms with van der Waals surface area (Å²) in [4.78, 5) is 37.4. The highest BCUT2D eigenvalue weighted by Gasteiger charge is 2.34. The number of allylic oxidation sites excluding steroid dienone is 1. The van der Waals surface area contributed by atoms with Gasteiger partial charge in [-0.1, -0.05) is 12.1 Å². The maximum absolute atomic E-state index is 12.8. The van der Waals surface area contributed by atoms with E-state index in [2.05, 4.69) is 10.6 Å².